The molecular formula is C18H17N3O5. The molecule has 1 heterocycles. The van der Waals surface area contributed by atoms with Crippen LogP contribution < -0.4 is 10.3 Å². The number of benzene rings is 1. The Labute approximate surface area is 149 Å². The van der Waals surface area contributed by atoms with Crippen LogP contribution in [-0.4, -0.2) is 34.7 Å². The van der Waals surface area contributed by atoms with E-state index in [1.807, 2.05) is 6.07 Å². The van der Waals surface area contributed by atoms with Crippen molar-refractivity contribution in [2.75, 3.05) is 6.61 Å². The molecule has 0 bridgehead atoms. The number of carbonyl (C=O) groups excluding carboxylic acids is 2. The van der Waals surface area contributed by atoms with E-state index in [0.717, 1.165) is 0 Å². The summed E-state index contributed by atoms with van der Waals surface area (Å²) in [4.78, 5) is 33.7. The van der Waals surface area contributed by atoms with Gasteiger partial charge in [0, 0.05) is 25.0 Å². The summed E-state index contributed by atoms with van der Waals surface area (Å²) in [5.74, 6) is -0.270. The number of hydrogen-bond donors (Lipinski definition) is 1. The van der Waals surface area contributed by atoms with Gasteiger partial charge in [-0.05, 0) is 31.2 Å². The van der Waals surface area contributed by atoms with Crippen LogP contribution in [0.3, 0.4) is 0 Å². The maximum absolute atomic E-state index is 11.3. The number of aromatic nitrogens is 2. The maximum Gasteiger partial charge on any atom is 0.303 e. The molecule has 26 heavy (non-hydrogen) atoms. The fourth-order valence-corrected chi connectivity index (χ4v) is 2.29. The molecule has 0 amide bonds. The zero-order chi connectivity index (χ0) is 19.1. The molecule has 0 fully saturated rings. The highest BCUT2D eigenvalue weighted by Gasteiger charge is 2.17. The SMILES string of the molecule is CC(=O)CC(COc1ccc(C#N)cc1-c1ccc(=O)[nH]n1)OC(C)=O. The number of carbonyl (C=O) groups is 2. The van der Waals surface area contributed by atoms with Gasteiger partial charge in [-0.3, -0.25) is 14.4 Å². The molecule has 8 heteroatoms. The molecule has 0 aliphatic carbocycles. The Kier molecular flexibility index (Phi) is 6.22. The molecule has 0 aliphatic heterocycles. The molecule has 1 N–H and O–H groups in total. The van der Waals surface area contributed by atoms with Crippen molar-refractivity contribution in [1.29, 1.82) is 5.26 Å². The zero-order valence-electron chi connectivity index (χ0n) is 14.3. The molecule has 134 valence electrons. The van der Waals surface area contributed by atoms with Crippen LogP contribution in [0.15, 0.2) is 35.1 Å². The lowest BCUT2D eigenvalue weighted by Crippen LogP contribution is -2.26. The average molecular weight is 355 g/mol. The Hall–Kier alpha value is -3.47. The number of H-pyrrole nitrogens is 1. The van der Waals surface area contributed by atoms with Crippen molar-refractivity contribution in [1.82, 2.24) is 10.2 Å². The fourth-order valence-electron chi connectivity index (χ4n) is 2.29. The van der Waals surface area contributed by atoms with Crippen molar-refractivity contribution in [2.24, 2.45) is 0 Å². The lowest BCUT2D eigenvalue weighted by atomic mass is 10.1. The van der Waals surface area contributed by atoms with E-state index in [0.29, 0.717) is 22.6 Å². The molecular weight excluding hydrogens is 338 g/mol. The second-order valence-corrected chi connectivity index (χ2v) is 5.58. The molecule has 2 aromatic rings. The normalized spacial score (nSPS) is 11.3. The first kappa shape index (κ1) is 18.9. The quantitative estimate of drug-likeness (QED) is 0.748. The molecule has 1 aromatic carbocycles. The third-order valence-electron chi connectivity index (χ3n) is 3.34. The minimum atomic E-state index is -0.725. The van der Waals surface area contributed by atoms with Gasteiger partial charge in [-0.25, -0.2) is 5.10 Å². The summed E-state index contributed by atoms with van der Waals surface area (Å²) in [6, 6.07) is 9.55. The highest BCUT2D eigenvalue weighted by molar-refractivity contribution is 5.76. The smallest absolute Gasteiger partial charge is 0.303 e. The Morgan fingerprint density at radius 2 is 2.04 bits per heavy atom. The first-order chi connectivity index (χ1) is 12.4. The van der Waals surface area contributed by atoms with E-state index in [1.165, 1.54) is 26.0 Å². The van der Waals surface area contributed by atoms with Crippen LogP contribution in [0.5, 0.6) is 5.75 Å². The Morgan fingerprint density at radius 1 is 1.27 bits per heavy atom. The monoisotopic (exact) mass is 355 g/mol. The topological polar surface area (TPSA) is 122 Å². The molecule has 1 aromatic heterocycles. The number of nitrogens with one attached hydrogen (secondary N) is 1. The van der Waals surface area contributed by atoms with Crippen LogP contribution in [0.25, 0.3) is 11.3 Å². The van der Waals surface area contributed by atoms with Gasteiger partial charge in [0.25, 0.3) is 5.56 Å². The molecule has 0 saturated carbocycles. The summed E-state index contributed by atoms with van der Waals surface area (Å²) in [7, 11) is 0. The van der Waals surface area contributed by atoms with E-state index < -0.39 is 12.1 Å². The maximum atomic E-state index is 11.3. The van der Waals surface area contributed by atoms with E-state index in [1.54, 1.807) is 18.2 Å². The highest BCUT2D eigenvalue weighted by atomic mass is 16.6. The first-order valence-electron chi connectivity index (χ1n) is 7.78. The lowest BCUT2D eigenvalue weighted by Gasteiger charge is -2.18. The van der Waals surface area contributed by atoms with Crippen molar-refractivity contribution < 1.29 is 19.1 Å². The average Bonchev–Trinajstić information content (AvgIpc) is 2.59. The van der Waals surface area contributed by atoms with Gasteiger partial charge < -0.3 is 9.47 Å². The second kappa shape index (κ2) is 8.58. The lowest BCUT2D eigenvalue weighted by molar-refractivity contribution is -0.149. The fraction of sp³-hybridized carbons (Fsp3) is 0.278. The summed E-state index contributed by atoms with van der Waals surface area (Å²) in [6.45, 7) is 2.61. The van der Waals surface area contributed by atoms with E-state index >= 15 is 0 Å². The molecule has 0 aliphatic rings. The van der Waals surface area contributed by atoms with Crippen molar-refractivity contribution in [3.8, 4) is 23.1 Å². The number of nitrogens with zero attached hydrogens (tertiary/aromatic N) is 2. The Balaban J connectivity index is 2.29. The number of rotatable bonds is 7. The van der Waals surface area contributed by atoms with Crippen molar-refractivity contribution in [2.45, 2.75) is 26.4 Å². The minimum Gasteiger partial charge on any atom is -0.489 e. The van der Waals surface area contributed by atoms with Gasteiger partial charge in [-0.1, -0.05) is 0 Å². The van der Waals surface area contributed by atoms with Crippen LogP contribution in [0.2, 0.25) is 0 Å². The Morgan fingerprint density at radius 3 is 2.62 bits per heavy atom. The number of hydrogen-bond acceptors (Lipinski definition) is 7. The second-order valence-electron chi connectivity index (χ2n) is 5.58. The highest BCUT2D eigenvalue weighted by Crippen LogP contribution is 2.29. The van der Waals surface area contributed by atoms with Gasteiger partial charge in [-0.2, -0.15) is 10.4 Å². The number of ether oxygens (including phenoxy) is 2. The number of ketones is 1. The summed E-state index contributed by atoms with van der Waals surface area (Å²) in [5, 5.41) is 15.4. The van der Waals surface area contributed by atoms with E-state index in [4.69, 9.17) is 14.7 Å². The van der Waals surface area contributed by atoms with E-state index in [9.17, 15) is 14.4 Å². The van der Waals surface area contributed by atoms with Crippen LogP contribution in [-0.2, 0) is 14.3 Å². The standard InChI is InChI=1S/C18H17N3O5/c1-11(22)7-14(26-12(2)23)10-25-17-5-3-13(9-19)8-15(17)16-4-6-18(24)21-20-16/h3-6,8,14H,7,10H2,1-2H3,(H,21,24). The predicted molar refractivity (Wildman–Crippen MR) is 91.4 cm³/mol. The van der Waals surface area contributed by atoms with Gasteiger partial charge in [0.2, 0.25) is 0 Å². The predicted octanol–water partition coefficient (Wildman–Crippen LogP) is 1.60. The van der Waals surface area contributed by atoms with Crippen LogP contribution in [0.4, 0.5) is 0 Å². The summed E-state index contributed by atoms with van der Waals surface area (Å²) < 4.78 is 10.8. The summed E-state index contributed by atoms with van der Waals surface area (Å²) in [5.41, 5.74) is 0.932. The van der Waals surface area contributed by atoms with Gasteiger partial charge in [-0.15, -0.1) is 0 Å². The molecule has 1 unspecified atom stereocenters. The summed E-state index contributed by atoms with van der Waals surface area (Å²) >= 11 is 0. The molecule has 0 spiro atoms. The molecule has 0 saturated heterocycles. The van der Waals surface area contributed by atoms with Gasteiger partial charge in [0.15, 0.2) is 0 Å². The molecule has 8 nitrogen and oxygen atoms in total. The van der Waals surface area contributed by atoms with Crippen molar-refractivity contribution in [3.05, 3.63) is 46.2 Å². The van der Waals surface area contributed by atoms with Gasteiger partial charge in [0.1, 0.15) is 24.2 Å². The van der Waals surface area contributed by atoms with E-state index in [-0.39, 0.29) is 24.4 Å². The molecule has 1 atom stereocenters. The number of aromatic amines is 1. The van der Waals surface area contributed by atoms with Crippen LogP contribution in [0, 0.1) is 11.3 Å². The van der Waals surface area contributed by atoms with Gasteiger partial charge in [0.05, 0.1) is 17.3 Å². The first-order valence-corrected chi connectivity index (χ1v) is 7.78. The number of esters is 1. The minimum absolute atomic E-state index is 0.0299. The van der Waals surface area contributed by atoms with Crippen LogP contribution >= 0.6 is 0 Å². The van der Waals surface area contributed by atoms with Gasteiger partial charge >= 0.3 is 5.97 Å². The summed E-state index contributed by atoms with van der Waals surface area (Å²) in [6.07, 6.45) is -0.695. The molecule has 2 rings (SSSR count). The third-order valence-corrected chi connectivity index (χ3v) is 3.34. The number of nitriles is 1. The van der Waals surface area contributed by atoms with Crippen molar-refractivity contribution in [3.63, 3.8) is 0 Å². The van der Waals surface area contributed by atoms with E-state index in [2.05, 4.69) is 10.2 Å². The zero-order valence-corrected chi connectivity index (χ0v) is 14.3. The van der Waals surface area contributed by atoms with Crippen molar-refractivity contribution >= 4 is 11.8 Å². The Bertz CT molecular complexity index is 877. The number of Topliss-reactive ketones (excluding diaryl/α,β-unsaturated/α-hetero) is 1. The molecule has 0 radical (unpaired) electrons. The largest absolute Gasteiger partial charge is 0.489 e. The van der Waals surface area contributed by atoms with Crippen LogP contribution in [0.1, 0.15) is 25.8 Å². The third kappa shape index (κ3) is 5.27.